The highest BCUT2D eigenvalue weighted by Gasteiger charge is 2.29. The SMILES string of the molecule is COc1ccc(C(=O)N2CC(=O)Nc3cc(C(=O)NCc4cccc(CN)c4)ccc32)cc1OC. The van der Waals surface area contributed by atoms with Crippen molar-refractivity contribution in [3.63, 3.8) is 0 Å². The Morgan fingerprint density at radius 2 is 1.71 bits per heavy atom. The van der Waals surface area contributed by atoms with Gasteiger partial charge >= 0.3 is 0 Å². The first-order valence-corrected chi connectivity index (χ1v) is 11.0. The van der Waals surface area contributed by atoms with Crippen LogP contribution < -0.4 is 30.7 Å². The van der Waals surface area contributed by atoms with Crippen molar-refractivity contribution >= 4 is 29.1 Å². The molecule has 9 heteroatoms. The number of nitrogens with zero attached hydrogens (tertiary/aromatic N) is 1. The zero-order chi connectivity index (χ0) is 24.9. The minimum atomic E-state index is -0.376. The molecule has 1 aliphatic rings. The van der Waals surface area contributed by atoms with Crippen LogP contribution >= 0.6 is 0 Å². The molecule has 1 heterocycles. The van der Waals surface area contributed by atoms with Crippen molar-refractivity contribution < 1.29 is 23.9 Å². The lowest BCUT2D eigenvalue weighted by Crippen LogP contribution is -2.42. The Bertz CT molecular complexity index is 1290. The third-order valence-electron chi connectivity index (χ3n) is 5.68. The van der Waals surface area contributed by atoms with Gasteiger partial charge in [-0.3, -0.25) is 19.3 Å². The number of rotatable bonds is 7. The summed E-state index contributed by atoms with van der Waals surface area (Å²) < 4.78 is 10.5. The number of carbonyl (C=O) groups excluding carboxylic acids is 3. The van der Waals surface area contributed by atoms with Gasteiger partial charge in [0.1, 0.15) is 6.54 Å². The van der Waals surface area contributed by atoms with E-state index in [-0.39, 0.29) is 24.3 Å². The zero-order valence-electron chi connectivity index (χ0n) is 19.5. The summed E-state index contributed by atoms with van der Waals surface area (Å²) in [4.78, 5) is 39.8. The van der Waals surface area contributed by atoms with Gasteiger partial charge in [0.25, 0.3) is 11.8 Å². The first kappa shape index (κ1) is 23.8. The number of methoxy groups -OCH3 is 2. The van der Waals surface area contributed by atoms with Gasteiger partial charge in [0, 0.05) is 24.2 Å². The summed E-state index contributed by atoms with van der Waals surface area (Å²) >= 11 is 0. The number of nitrogens with one attached hydrogen (secondary N) is 2. The van der Waals surface area contributed by atoms with Gasteiger partial charge in [-0.15, -0.1) is 0 Å². The minimum absolute atomic E-state index is 0.150. The van der Waals surface area contributed by atoms with E-state index in [1.807, 2.05) is 24.3 Å². The average Bonchev–Trinajstić information content (AvgIpc) is 2.90. The Morgan fingerprint density at radius 1 is 0.971 bits per heavy atom. The van der Waals surface area contributed by atoms with E-state index in [1.54, 1.807) is 36.4 Å². The molecule has 3 aromatic carbocycles. The molecule has 0 unspecified atom stereocenters. The monoisotopic (exact) mass is 474 g/mol. The van der Waals surface area contributed by atoms with E-state index in [4.69, 9.17) is 15.2 Å². The summed E-state index contributed by atoms with van der Waals surface area (Å²) in [6, 6.07) is 17.3. The molecule has 0 atom stereocenters. The fraction of sp³-hybridized carbons (Fsp3) is 0.192. The topological polar surface area (TPSA) is 123 Å². The number of nitrogens with two attached hydrogens (primary N) is 1. The Labute approximate surface area is 202 Å². The van der Waals surface area contributed by atoms with Gasteiger partial charge in [-0.25, -0.2) is 0 Å². The number of amides is 3. The number of benzene rings is 3. The van der Waals surface area contributed by atoms with Crippen LogP contribution in [0.25, 0.3) is 0 Å². The van der Waals surface area contributed by atoms with E-state index < -0.39 is 0 Å². The number of carbonyl (C=O) groups is 3. The van der Waals surface area contributed by atoms with Crippen LogP contribution in [0.2, 0.25) is 0 Å². The molecule has 0 saturated carbocycles. The first-order chi connectivity index (χ1) is 16.9. The molecule has 0 radical (unpaired) electrons. The van der Waals surface area contributed by atoms with Crippen LogP contribution in [0.15, 0.2) is 60.7 Å². The van der Waals surface area contributed by atoms with Crippen molar-refractivity contribution in [1.29, 1.82) is 0 Å². The van der Waals surface area contributed by atoms with Crippen LogP contribution in [-0.2, 0) is 17.9 Å². The van der Waals surface area contributed by atoms with Gasteiger partial charge in [0.15, 0.2) is 11.5 Å². The van der Waals surface area contributed by atoms with Crippen molar-refractivity contribution in [3.05, 3.63) is 82.9 Å². The summed E-state index contributed by atoms with van der Waals surface area (Å²) in [5, 5.41) is 5.62. The zero-order valence-corrected chi connectivity index (χ0v) is 19.5. The van der Waals surface area contributed by atoms with E-state index >= 15 is 0 Å². The van der Waals surface area contributed by atoms with Crippen molar-refractivity contribution in [1.82, 2.24) is 5.32 Å². The molecule has 0 aromatic heterocycles. The predicted molar refractivity (Wildman–Crippen MR) is 132 cm³/mol. The molecule has 4 rings (SSSR count). The quantitative estimate of drug-likeness (QED) is 0.484. The Morgan fingerprint density at radius 3 is 2.46 bits per heavy atom. The van der Waals surface area contributed by atoms with Gasteiger partial charge in [-0.2, -0.15) is 0 Å². The van der Waals surface area contributed by atoms with Crippen LogP contribution in [0.5, 0.6) is 11.5 Å². The Balaban J connectivity index is 1.55. The van der Waals surface area contributed by atoms with Crippen LogP contribution in [0, 0.1) is 0 Å². The van der Waals surface area contributed by atoms with Crippen LogP contribution in [0.3, 0.4) is 0 Å². The lowest BCUT2D eigenvalue weighted by atomic mass is 10.1. The van der Waals surface area contributed by atoms with Gasteiger partial charge in [0.2, 0.25) is 5.91 Å². The minimum Gasteiger partial charge on any atom is -0.493 e. The second kappa shape index (κ2) is 10.3. The van der Waals surface area contributed by atoms with Gasteiger partial charge in [-0.05, 0) is 47.5 Å². The summed E-state index contributed by atoms with van der Waals surface area (Å²) in [6.45, 7) is 0.605. The fourth-order valence-electron chi connectivity index (χ4n) is 3.89. The molecule has 4 N–H and O–H groups in total. The highest BCUT2D eigenvalue weighted by atomic mass is 16.5. The summed E-state index contributed by atoms with van der Waals surface area (Å²) in [5.74, 6) is -0.139. The van der Waals surface area contributed by atoms with Gasteiger partial charge < -0.3 is 25.8 Å². The second-order valence-corrected chi connectivity index (χ2v) is 7.95. The predicted octanol–water partition coefficient (Wildman–Crippen LogP) is 2.69. The Kier molecular flexibility index (Phi) is 6.98. The van der Waals surface area contributed by atoms with Crippen LogP contribution in [0.1, 0.15) is 31.8 Å². The number of hydrogen-bond donors (Lipinski definition) is 3. The van der Waals surface area contributed by atoms with Crippen molar-refractivity contribution in [3.8, 4) is 11.5 Å². The lowest BCUT2D eigenvalue weighted by Gasteiger charge is -2.29. The highest BCUT2D eigenvalue weighted by Crippen LogP contribution is 2.33. The molecule has 0 fully saturated rings. The van der Waals surface area contributed by atoms with Gasteiger partial charge in [-0.1, -0.05) is 24.3 Å². The Hall–Kier alpha value is -4.37. The number of anilines is 2. The number of fused-ring (bicyclic) bond motifs is 1. The standard InChI is InChI=1S/C26H26N4O5/c1-34-22-9-7-19(12-23(22)35-2)26(33)30-15-24(31)29-20-11-18(6-8-21(20)30)25(32)28-14-17-5-3-4-16(10-17)13-27/h3-12H,13-15,27H2,1-2H3,(H,28,32)(H,29,31). The summed E-state index contributed by atoms with van der Waals surface area (Å²) in [5.41, 5.74) is 9.16. The fourth-order valence-corrected chi connectivity index (χ4v) is 3.89. The molecule has 180 valence electrons. The van der Waals surface area contributed by atoms with E-state index in [9.17, 15) is 14.4 Å². The molecule has 0 spiro atoms. The molecule has 35 heavy (non-hydrogen) atoms. The van der Waals surface area contributed by atoms with E-state index in [1.165, 1.54) is 19.1 Å². The third-order valence-corrected chi connectivity index (χ3v) is 5.68. The van der Waals surface area contributed by atoms with E-state index in [0.717, 1.165) is 11.1 Å². The van der Waals surface area contributed by atoms with E-state index in [2.05, 4.69) is 10.6 Å². The molecule has 0 bridgehead atoms. The van der Waals surface area contributed by atoms with Crippen molar-refractivity contribution in [2.75, 3.05) is 31.0 Å². The average molecular weight is 475 g/mol. The molecular formula is C26H26N4O5. The molecule has 1 aliphatic heterocycles. The maximum absolute atomic E-state index is 13.3. The smallest absolute Gasteiger partial charge is 0.258 e. The number of ether oxygens (including phenoxy) is 2. The van der Waals surface area contributed by atoms with E-state index in [0.29, 0.717) is 47.1 Å². The normalized spacial score (nSPS) is 12.4. The molecule has 0 aliphatic carbocycles. The molecular weight excluding hydrogens is 448 g/mol. The lowest BCUT2D eigenvalue weighted by molar-refractivity contribution is -0.115. The molecule has 0 saturated heterocycles. The first-order valence-electron chi connectivity index (χ1n) is 11.0. The van der Waals surface area contributed by atoms with Crippen molar-refractivity contribution in [2.45, 2.75) is 13.1 Å². The molecule has 3 amide bonds. The molecule has 3 aromatic rings. The van der Waals surface area contributed by atoms with Crippen LogP contribution in [-0.4, -0.2) is 38.5 Å². The molecule has 9 nitrogen and oxygen atoms in total. The number of hydrogen-bond acceptors (Lipinski definition) is 6. The highest BCUT2D eigenvalue weighted by molar-refractivity contribution is 6.16. The largest absolute Gasteiger partial charge is 0.493 e. The summed E-state index contributed by atoms with van der Waals surface area (Å²) in [7, 11) is 2.99. The van der Waals surface area contributed by atoms with Gasteiger partial charge in [0.05, 0.1) is 25.6 Å². The second-order valence-electron chi connectivity index (χ2n) is 7.95. The maximum Gasteiger partial charge on any atom is 0.258 e. The van der Waals surface area contributed by atoms with Crippen molar-refractivity contribution in [2.24, 2.45) is 5.73 Å². The van der Waals surface area contributed by atoms with Crippen LogP contribution in [0.4, 0.5) is 11.4 Å². The maximum atomic E-state index is 13.3. The summed E-state index contributed by atoms with van der Waals surface area (Å²) in [6.07, 6.45) is 0. The third kappa shape index (κ3) is 5.10.